The van der Waals surface area contributed by atoms with Crippen LogP contribution in [0.25, 0.3) is 27.6 Å². The van der Waals surface area contributed by atoms with Crippen LogP contribution in [0.15, 0.2) is 77.9 Å². The number of hydrogen-bond donors (Lipinski definition) is 1. The number of amides is 1. The van der Waals surface area contributed by atoms with Crippen LogP contribution in [0.5, 0.6) is 0 Å². The Labute approximate surface area is 200 Å². The summed E-state index contributed by atoms with van der Waals surface area (Å²) in [6.45, 7) is 2.73. The number of halogens is 1. The molecular formula is C26H22ClN5O2. The molecule has 0 spiro atoms. The number of carbonyl (C=O) groups is 1. The van der Waals surface area contributed by atoms with Gasteiger partial charge in [-0.25, -0.2) is 9.97 Å². The van der Waals surface area contributed by atoms with Crippen molar-refractivity contribution in [3.05, 3.63) is 99.8 Å². The second kappa shape index (κ2) is 9.11. The molecule has 0 aliphatic carbocycles. The average Bonchev–Trinajstić information content (AvgIpc) is 3.27. The summed E-state index contributed by atoms with van der Waals surface area (Å²) < 4.78 is 1.99. The van der Waals surface area contributed by atoms with Gasteiger partial charge in [0.2, 0.25) is 0 Å². The molecule has 1 N–H and O–H groups in total. The van der Waals surface area contributed by atoms with Crippen molar-refractivity contribution in [2.24, 2.45) is 0 Å². The van der Waals surface area contributed by atoms with Crippen molar-refractivity contribution >= 4 is 39.4 Å². The molecule has 7 nitrogen and oxygen atoms in total. The van der Waals surface area contributed by atoms with Crippen LogP contribution in [0.2, 0.25) is 5.02 Å². The van der Waals surface area contributed by atoms with E-state index < -0.39 is 0 Å². The summed E-state index contributed by atoms with van der Waals surface area (Å²) in [4.78, 5) is 39.2. The maximum absolute atomic E-state index is 13.3. The van der Waals surface area contributed by atoms with Gasteiger partial charge in [-0.1, -0.05) is 30.7 Å². The van der Waals surface area contributed by atoms with Gasteiger partial charge in [0.05, 0.1) is 28.5 Å². The van der Waals surface area contributed by atoms with Crippen molar-refractivity contribution < 1.29 is 4.79 Å². The molecule has 0 atom stereocenters. The SMILES string of the molecule is CCCN(Cc1nc2cc(Cl)ccc2c(=O)[nH]1)C(=O)c1ccc(-n2cnc3ccccc32)cc1. The lowest BCUT2D eigenvalue weighted by atomic mass is 10.1. The zero-order valence-corrected chi connectivity index (χ0v) is 19.3. The number of nitrogens with zero attached hydrogens (tertiary/aromatic N) is 4. The van der Waals surface area contributed by atoms with Gasteiger partial charge in [-0.05, 0) is 61.0 Å². The third-order valence-corrected chi connectivity index (χ3v) is 5.92. The number of carbonyl (C=O) groups excluding carboxylic acids is 1. The quantitative estimate of drug-likeness (QED) is 0.379. The van der Waals surface area contributed by atoms with Gasteiger partial charge in [0.1, 0.15) is 12.2 Å². The molecule has 0 radical (unpaired) electrons. The molecule has 0 saturated carbocycles. The highest BCUT2D eigenvalue weighted by atomic mass is 35.5. The van der Waals surface area contributed by atoms with Crippen LogP contribution in [0.1, 0.15) is 29.5 Å². The Morgan fingerprint density at radius 1 is 1.06 bits per heavy atom. The molecule has 5 rings (SSSR count). The summed E-state index contributed by atoms with van der Waals surface area (Å²) in [6.07, 6.45) is 2.55. The number of hydrogen-bond acceptors (Lipinski definition) is 4. The van der Waals surface area contributed by atoms with Gasteiger partial charge in [-0.2, -0.15) is 0 Å². The first-order valence-electron chi connectivity index (χ1n) is 11.0. The zero-order valence-electron chi connectivity index (χ0n) is 18.5. The van der Waals surface area contributed by atoms with E-state index in [1.54, 1.807) is 29.4 Å². The van der Waals surface area contributed by atoms with Crippen LogP contribution in [0.3, 0.4) is 0 Å². The van der Waals surface area contributed by atoms with Gasteiger partial charge >= 0.3 is 0 Å². The molecule has 3 aromatic carbocycles. The number of aromatic amines is 1. The highest BCUT2D eigenvalue weighted by Gasteiger charge is 2.18. The van der Waals surface area contributed by atoms with Crippen molar-refractivity contribution in [1.82, 2.24) is 24.4 Å². The fourth-order valence-electron chi connectivity index (χ4n) is 4.05. The lowest BCUT2D eigenvalue weighted by Gasteiger charge is -2.22. The monoisotopic (exact) mass is 471 g/mol. The minimum atomic E-state index is -0.252. The largest absolute Gasteiger partial charge is 0.331 e. The molecule has 34 heavy (non-hydrogen) atoms. The third kappa shape index (κ3) is 4.18. The topological polar surface area (TPSA) is 83.9 Å². The Balaban J connectivity index is 1.41. The van der Waals surface area contributed by atoms with Crippen LogP contribution < -0.4 is 5.56 Å². The van der Waals surface area contributed by atoms with Crippen molar-refractivity contribution in [2.45, 2.75) is 19.9 Å². The molecule has 1 amide bonds. The number of rotatable bonds is 6. The van der Waals surface area contributed by atoms with E-state index in [1.165, 1.54) is 0 Å². The molecule has 170 valence electrons. The molecule has 0 unspecified atom stereocenters. The van der Waals surface area contributed by atoms with Gasteiger partial charge in [0.25, 0.3) is 11.5 Å². The lowest BCUT2D eigenvalue weighted by Crippen LogP contribution is -2.32. The molecular weight excluding hydrogens is 450 g/mol. The van der Waals surface area contributed by atoms with Gasteiger partial charge in [-0.15, -0.1) is 0 Å². The molecule has 0 aliphatic heterocycles. The molecule has 2 heterocycles. The normalized spacial score (nSPS) is 11.2. The van der Waals surface area contributed by atoms with Crippen LogP contribution in [-0.4, -0.2) is 36.9 Å². The van der Waals surface area contributed by atoms with E-state index in [1.807, 2.05) is 60.0 Å². The van der Waals surface area contributed by atoms with E-state index in [-0.39, 0.29) is 18.0 Å². The van der Waals surface area contributed by atoms with E-state index in [2.05, 4.69) is 15.0 Å². The number of nitrogens with one attached hydrogen (secondary N) is 1. The average molecular weight is 472 g/mol. The second-order valence-electron chi connectivity index (χ2n) is 8.05. The van der Waals surface area contributed by atoms with E-state index in [4.69, 9.17) is 11.6 Å². The van der Waals surface area contributed by atoms with E-state index in [0.717, 1.165) is 23.1 Å². The molecule has 0 saturated heterocycles. The minimum Gasteiger partial charge on any atom is -0.331 e. The summed E-state index contributed by atoms with van der Waals surface area (Å²) in [5, 5.41) is 0.966. The number of aromatic nitrogens is 4. The molecule has 0 bridgehead atoms. The van der Waals surface area contributed by atoms with Crippen LogP contribution in [0.4, 0.5) is 0 Å². The highest BCUT2D eigenvalue weighted by Crippen LogP contribution is 2.20. The van der Waals surface area contributed by atoms with E-state index in [0.29, 0.717) is 33.9 Å². The Hall–Kier alpha value is -3.97. The Bertz CT molecular complexity index is 1560. The number of fused-ring (bicyclic) bond motifs is 2. The number of imidazole rings is 1. The van der Waals surface area contributed by atoms with Gasteiger partial charge < -0.3 is 9.88 Å². The Morgan fingerprint density at radius 2 is 1.85 bits per heavy atom. The fourth-order valence-corrected chi connectivity index (χ4v) is 4.22. The predicted octanol–water partition coefficient (Wildman–Crippen LogP) is 4.97. The van der Waals surface area contributed by atoms with Crippen molar-refractivity contribution in [1.29, 1.82) is 0 Å². The first kappa shape index (κ1) is 21.9. The summed E-state index contributed by atoms with van der Waals surface area (Å²) in [5.41, 5.74) is 3.65. The van der Waals surface area contributed by atoms with Crippen molar-refractivity contribution in [3.63, 3.8) is 0 Å². The van der Waals surface area contributed by atoms with Gasteiger partial charge in [0, 0.05) is 22.8 Å². The minimum absolute atomic E-state index is 0.127. The first-order chi connectivity index (χ1) is 16.5. The zero-order chi connectivity index (χ0) is 23.7. The second-order valence-corrected chi connectivity index (χ2v) is 8.49. The summed E-state index contributed by atoms with van der Waals surface area (Å²) >= 11 is 6.07. The van der Waals surface area contributed by atoms with Crippen molar-refractivity contribution in [3.8, 4) is 5.69 Å². The van der Waals surface area contributed by atoms with Gasteiger partial charge in [0.15, 0.2) is 0 Å². The molecule has 0 aliphatic rings. The summed E-state index contributed by atoms with van der Waals surface area (Å²) in [5.74, 6) is 0.292. The molecule has 8 heteroatoms. The molecule has 5 aromatic rings. The van der Waals surface area contributed by atoms with Crippen LogP contribution in [0, 0.1) is 0 Å². The number of H-pyrrole nitrogens is 1. The Morgan fingerprint density at radius 3 is 2.65 bits per heavy atom. The summed E-state index contributed by atoms with van der Waals surface area (Å²) in [7, 11) is 0. The first-order valence-corrected chi connectivity index (χ1v) is 11.4. The fraction of sp³-hybridized carbons (Fsp3) is 0.154. The van der Waals surface area contributed by atoms with Crippen LogP contribution >= 0.6 is 11.6 Å². The number of benzene rings is 3. The summed E-state index contributed by atoms with van der Waals surface area (Å²) in [6, 6.07) is 20.3. The maximum Gasteiger partial charge on any atom is 0.258 e. The maximum atomic E-state index is 13.3. The smallest absolute Gasteiger partial charge is 0.258 e. The van der Waals surface area contributed by atoms with Crippen LogP contribution in [-0.2, 0) is 6.54 Å². The predicted molar refractivity (Wildman–Crippen MR) is 133 cm³/mol. The van der Waals surface area contributed by atoms with Gasteiger partial charge in [-0.3, -0.25) is 14.2 Å². The number of para-hydroxylation sites is 2. The highest BCUT2D eigenvalue weighted by molar-refractivity contribution is 6.31. The third-order valence-electron chi connectivity index (χ3n) is 5.68. The molecule has 0 fully saturated rings. The Kier molecular flexibility index (Phi) is 5.86. The van der Waals surface area contributed by atoms with E-state index >= 15 is 0 Å². The van der Waals surface area contributed by atoms with Crippen molar-refractivity contribution in [2.75, 3.05) is 6.54 Å². The lowest BCUT2D eigenvalue weighted by molar-refractivity contribution is 0.0739. The molecule has 2 aromatic heterocycles. The standard InChI is InChI=1S/C26H22ClN5O2/c1-2-13-31(15-24-29-22-14-18(27)9-12-20(22)25(33)30-24)26(34)17-7-10-19(11-8-17)32-16-28-21-5-3-4-6-23(21)32/h3-12,14,16H,2,13,15H2,1H3,(H,29,30,33). The van der Waals surface area contributed by atoms with E-state index in [9.17, 15) is 9.59 Å².